The van der Waals surface area contributed by atoms with Gasteiger partial charge in [0.1, 0.15) is 5.38 Å². The van der Waals surface area contributed by atoms with Crippen LogP contribution in [0.3, 0.4) is 0 Å². The van der Waals surface area contributed by atoms with E-state index in [-0.39, 0.29) is 0 Å². The Labute approximate surface area is 103 Å². The maximum absolute atomic E-state index is 11.3. The van der Waals surface area contributed by atoms with E-state index < -0.39 is 17.3 Å². The minimum atomic E-state index is -0.769. The Kier molecular flexibility index (Phi) is 4.71. The summed E-state index contributed by atoms with van der Waals surface area (Å²) in [5.74, 6) is -0.132. The molecule has 1 aromatic rings. The average molecular weight is 258 g/mol. The third-order valence-electron chi connectivity index (χ3n) is 1.80. The van der Waals surface area contributed by atoms with Gasteiger partial charge in [0, 0.05) is 6.07 Å². The highest BCUT2D eigenvalue weighted by Gasteiger charge is 2.12. The SMILES string of the molecule is COc1ccc(NC(=O)NC(=O)C(C)Cl)cn1. The monoisotopic (exact) mass is 257 g/mol. The van der Waals surface area contributed by atoms with E-state index in [9.17, 15) is 9.59 Å². The number of aromatic nitrogens is 1. The number of nitrogens with one attached hydrogen (secondary N) is 2. The number of hydrogen-bond donors (Lipinski definition) is 2. The van der Waals surface area contributed by atoms with Gasteiger partial charge in [-0.05, 0) is 13.0 Å². The van der Waals surface area contributed by atoms with E-state index in [0.717, 1.165) is 0 Å². The topological polar surface area (TPSA) is 80.3 Å². The molecule has 0 aliphatic heterocycles. The Morgan fingerprint density at radius 2 is 2.18 bits per heavy atom. The van der Waals surface area contributed by atoms with Crippen LogP contribution in [0.1, 0.15) is 6.92 Å². The Bertz CT molecular complexity index is 406. The minimum Gasteiger partial charge on any atom is -0.481 e. The van der Waals surface area contributed by atoms with Gasteiger partial charge >= 0.3 is 6.03 Å². The molecule has 1 atom stereocenters. The van der Waals surface area contributed by atoms with Gasteiger partial charge < -0.3 is 10.1 Å². The van der Waals surface area contributed by atoms with Gasteiger partial charge in [-0.15, -0.1) is 11.6 Å². The fourth-order valence-corrected chi connectivity index (χ4v) is 1.00. The second-order valence-electron chi connectivity index (χ2n) is 3.15. The van der Waals surface area contributed by atoms with Crippen molar-refractivity contribution in [3.63, 3.8) is 0 Å². The fourth-order valence-electron chi connectivity index (χ4n) is 0.949. The Morgan fingerprint density at radius 1 is 1.47 bits per heavy atom. The molecule has 1 rings (SSSR count). The molecule has 2 N–H and O–H groups in total. The summed E-state index contributed by atoms with van der Waals surface area (Å²) in [6, 6.07) is 2.52. The number of alkyl halides is 1. The number of methoxy groups -OCH3 is 1. The van der Waals surface area contributed by atoms with Crippen LogP contribution in [-0.4, -0.2) is 29.4 Å². The Morgan fingerprint density at radius 3 is 2.65 bits per heavy atom. The van der Waals surface area contributed by atoms with Crippen LogP contribution in [0.5, 0.6) is 5.88 Å². The van der Waals surface area contributed by atoms with Crippen molar-refractivity contribution in [2.24, 2.45) is 0 Å². The van der Waals surface area contributed by atoms with Crippen molar-refractivity contribution in [3.8, 4) is 5.88 Å². The van der Waals surface area contributed by atoms with Crippen LogP contribution in [0.15, 0.2) is 18.3 Å². The molecule has 3 amide bonds. The number of anilines is 1. The van der Waals surface area contributed by atoms with Crippen LogP contribution in [0.25, 0.3) is 0 Å². The number of ether oxygens (including phenoxy) is 1. The molecule has 0 radical (unpaired) electrons. The van der Waals surface area contributed by atoms with Crippen LogP contribution >= 0.6 is 11.6 Å². The molecule has 92 valence electrons. The first kappa shape index (κ1) is 13.2. The minimum absolute atomic E-state index is 0.432. The number of carbonyl (C=O) groups is 2. The molecule has 0 spiro atoms. The molecule has 0 aliphatic carbocycles. The summed E-state index contributed by atoms with van der Waals surface area (Å²) < 4.78 is 4.86. The van der Waals surface area contributed by atoms with Crippen LogP contribution in [-0.2, 0) is 4.79 Å². The predicted octanol–water partition coefficient (Wildman–Crippen LogP) is 1.37. The van der Waals surface area contributed by atoms with Crippen LogP contribution < -0.4 is 15.4 Å². The van der Waals surface area contributed by atoms with Gasteiger partial charge in [0.25, 0.3) is 0 Å². The second kappa shape index (κ2) is 6.05. The van der Waals surface area contributed by atoms with E-state index in [0.29, 0.717) is 11.6 Å². The number of imide groups is 1. The van der Waals surface area contributed by atoms with Gasteiger partial charge in [0.05, 0.1) is 19.0 Å². The van der Waals surface area contributed by atoms with Gasteiger partial charge in [-0.1, -0.05) is 0 Å². The van der Waals surface area contributed by atoms with Gasteiger partial charge in [-0.3, -0.25) is 10.1 Å². The van der Waals surface area contributed by atoms with Crippen molar-refractivity contribution in [2.75, 3.05) is 12.4 Å². The molecule has 1 unspecified atom stereocenters. The van der Waals surface area contributed by atoms with Crippen LogP contribution in [0, 0.1) is 0 Å². The summed E-state index contributed by atoms with van der Waals surface area (Å²) in [5.41, 5.74) is 0.443. The number of halogens is 1. The first-order chi connectivity index (χ1) is 8.02. The maximum atomic E-state index is 11.3. The van der Waals surface area contributed by atoms with Gasteiger partial charge in [0.2, 0.25) is 11.8 Å². The highest BCUT2D eigenvalue weighted by atomic mass is 35.5. The number of carbonyl (C=O) groups excluding carboxylic acids is 2. The molecule has 1 heterocycles. The van der Waals surface area contributed by atoms with E-state index in [2.05, 4.69) is 15.6 Å². The van der Waals surface area contributed by atoms with Crippen molar-refractivity contribution < 1.29 is 14.3 Å². The molecule has 0 bridgehead atoms. The zero-order chi connectivity index (χ0) is 12.8. The normalized spacial score (nSPS) is 11.5. The number of rotatable bonds is 3. The molecule has 0 saturated carbocycles. The first-order valence-corrected chi connectivity index (χ1v) is 5.22. The Hall–Kier alpha value is -1.82. The van der Waals surface area contributed by atoms with E-state index >= 15 is 0 Å². The lowest BCUT2D eigenvalue weighted by molar-refractivity contribution is -0.119. The summed E-state index contributed by atoms with van der Waals surface area (Å²) in [5, 5.41) is 3.74. The van der Waals surface area contributed by atoms with Crippen molar-refractivity contribution in [1.29, 1.82) is 0 Å². The van der Waals surface area contributed by atoms with Crippen molar-refractivity contribution >= 4 is 29.2 Å². The third-order valence-corrected chi connectivity index (χ3v) is 2.00. The number of nitrogens with zero attached hydrogens (tertiary/aromatic N) is 1. The van der Waals surface area contributed by atoms with Gasteiger partial charge in [-0.25, -0.2) is 9.78 Å². The zero-order valence-corrected chi connectivity index (χ0v) is 10.1. The summed E-state index contributed by atoms with van der Waals surface area (Å²) in [4.78, 5) is 26.3. The Balaban J connectivity index is 2.53. The molecular formula is C10H12ClN3O3. The lowest BCUT2D eigenvalue weighted by Crippen LogP contribution is -2.38. The standard InChI is InChI=1S/C10H12ClN3O3/c1-6(11)9(15)14-10(16)13-7-3-4-8(17-2)12-5-7/h3-6H,1-2H3,(H2,13,14,15,16). The molecule has 7 heteroatoms. The zero-order valence-electron chi connectivity index (χ0n) is 9.36. The summed E-state index contributed by atoms with van der Waals surface area (Å²) in [7, 11) is 1.49. The average Bonchev–Trinajstić information content (AvgIpc) is 2.29. The predicted molar refractivity (Wildman–Crippen MR) is 63.3 cm³/mol. The first-order valence-electron chi connectivity index (χ1n) is 4.79. The summed E-state index contributed by atoms with van der Waals surface area (Å²) in [6.45, 7) is 1.47. The van der Waals surface area contributed by atoms with E-state index in [1.807, 2.05) is 0 Å². The summed E-state index contributed by atoms with van der Waals surface area (Å²) in [6.07, 6.45) is 1.41. The number of urea groups is 1. The number of amides is 3. The molecule has 6 nitrogen and oxygen atoms in total. The van der Waals surface area contributed by atoms with E-state index in [1.54, 1.807) is 12.1 Å². The van der Waals surface area contributed by atoms with E-state index in [1.165, 1.54) is 20.2 Å². The number of hydrogen-bond acceptors (Lipinski definition) is 4. The largest absolute Gasteiger partial charge is 0.481 e. The smallest absolute Gasteiger partial charge is 0.325 e. The van der Waals surface area contributed by atoms with Crippen molar-refractivity contribution in [3.05, 3.63) is 18.3 Å². The lowest BCUT2D eigenvalue weighted by Gasteiger charge is -2.07. The molecular weight excluding hydrogens is 246 g/mol. The molecule has 1 aromatic heterocycles. The lowest BCUT2D eigenvalue weighted by atomic mass is 10.4. The van der Waals surface area contributed by atoms with E-state index in [4.69, 9.17) is 16.3 Å². The molecule has 0 aromatic carbocycles. The highest BCUT2D eigenvalue weighted by Crippen LogP contribution is 2.10. The third kappa shape index (κ3) is 4.28. The van der Waals surface area contributed by atoms with Gasteiger partial charge in [-0.2, -0.15) is 0 Å². The highest BCUT2D eigenvalue weighted by molar-refractivity contribution is 6.31. The quantitative estimate of drug-likeness (QED) is 0.802. The van der Waals surface area contributed by atoms with Crippen LogP contribution in [0.4, 0.5) is 10.5 Å². The maximum Gasteiger partial charge on any atom is 0.325 e. The van der Waals surface area contributed by atoms with Crippen molar-refractivity contribution in [2.45, 2.75) is 12.3 Å². The number of pyridine rings is 1. The molecule has 0 saturated heterocycles. The molecule has 0 aliphatic rings. The summed E-state index contributed by atoms with van der Waals surface area (Å²) >= 11 is 5.49. The van der Waals surface area contributed by atoms with Crippen molar-refractivity contribution in [1.82, 2.24) is 10.3 Å². The fraction of sp³-hybridized carbons (Fsp3) is 0.300. The van der Waals surface area contributed by atoms with Gasteiger partial charge in [0.15, 0.2) is 0 Å². The molecule has 0 fully saturated rings. The van der Waals surface area contributed by atoms with Crippen LogP contribution in [0.2, 0.25) is 0 Å². The molecule has 17 heavy (non-hydrogen) atoms. The second-order valence-corrected chi connectivity index (χ2v) is 3.80.